The molecule has 7 heteroatoms. The molecule has 1 amide bonds. The third-order valence-corrected chi connectivity index (χ3v) is 4.48. The number of hydrogen-bond acceptors (Lipinski definition) is 4. The molecule has 0 aromatic rings. The number of nitrogens with two attached hydrogens (primary N) is 1. The van der Waals surface area contributed by atoms with Crippen LogP contribution >= 0.6 is 11.8 Å². The highest BCUT2D eigenvalue weighted by molar-refractivity contribution is 7.98. The second kappa shape index (κ2) is 10.7. The van der Waals surface area contributed by atoms with E-state index in [9.17, 15) is 4.79 Å². The second-order valence-corrected chi connectivity index (χ2v) is 8.09. The van der Waals surface area contributed by atoms with Gasteiger partial charge in [-0.15, -0.1) is 0 Å². The van der Waals surface area contributed by atoms with Gasteiger partial charge in [0, 0.05) is 32.7 Å². The van der Waals surface area contributed by atoms with Gasteiger partial charge >= 0.3 is 6.09 Å². The molecule has 1 rings (SSSR count). The molecule has 0 aliphatic carbocycles. The van der Waals surface area contributed by atoms with Crippen molar-refractivity contribution < 1.29 is 9.53 Å². The van der Waals surface area contributed by atoms with Crippen LogP contribution in [-0.2, 0) is 4.74 Å². The first-order chi connectivity index (χ1) is 11.3. The molecule has 0 unspecified atom stereocenters. The molecule has 0 aromatic heterocycles. The standard InChI is InChI=1S/C17H34N4O2S/c1-17(2,3)23-16(22)21-12-10-20(11-13-21)15(18)19-9-7-5-6-8-14-24-4/h5-14H2,1-4H3,(H2,18,19). The van der Waals surface area contributed by atoms with E-state index in [1.165, 1.54) is 25.0 Å². The summed E-state index contributed by atoms with van der Waals surface area (Å²) in [6, 6.07) is 0. The summed E-state index contributed by atoms with van der Waals surface area (Å²) in [5.41, 5.74) is 5.62. The molecule has 6 nitrogen and oxygen atoms in total. The molecule has 1 heterocycles. The molecule has 0 spiro atoms. The predicted octanol–water partition coefficient (Wildman–Crippen LogP) is 2.78. The van der Waals surface area contributed by atoms with E-state index < -0.39 is 5.60 Å². The Labute approximate surface area is 151 Å². The van der Waals surface area contributed by atoms with Gasteiger partial charge in [-0.2, -0.15) is 11.8 Å². The van der Waals surface area contributed by atoms with E-state index in [2.05, 4.69) is 16.1 Å². The normalized spacial score (nSPS) is 16.4. The number of guanidine groups is 1. The molecule has 1 aliphatic heterocycles. The van der Waals surface area contributed by atoms with Crippen molar-refractivity contribution in [1.82, 2.24) is 9.80 Å². The molecular formula is C17H34N4O2S. The van der Waals surface area contributed by atoms with Gasteiger partial charge in [0.05, 0.1) is 0 Å². The number of unbranched alkanes of at least 4 members (excludes halogenated alkanes) is 3. The number of carbonyl (C=O) groups is 1. The monoisotopic (exact) mass is 358 g/mol. The lowest BCUT2D eigenvalue weighted by molar-refractivity contribution is 0.0186. The van der Waals surface area contributed by atoms with Crippen LogP contribution in [0.1, 0.15) is 46.5 Å². The lowest BCUT2D eigenvalue weighted by atomic mass is 10.2. The summed E-state index contributed by atoms with van der Waals surface area (Å²) in [5, 5.41) is 0. The van der Waals surface area contributed by atoms with Crippen LogP contribution in [0.2, 0.25) is 0 Å². The van der Waals surface area contributed by atoms with E-state index >= 15 is 0 Å². The largest absolute Gasteiger partial charge is 0.444 e. The first kappa shape index (κ1) is 20.9. The predicted molar refractivity (Wildman–Crippen MR) is 103 cm³/mol. The average Bonchev–Trinajstić information content (AvgIpc) is 2.52. The molecule has 0 bridgehead atoms. The van der Waals surface area contributed by atoms with Gasteiger partial charge in [-0.05, 0) is 45.6 Å². The van der Waals surface area contributed by atoms with Crippen molar-refractivity contribution in [1.29, 1.82) is 0 Å². The molecule has 1 aliphatic rings. The Morgan fingerprint density at radius 3 is 2.25 bits per heavy atom. The minimum atomic E-state index is -0.454. The lowest BCUT2D eigenvalue weighted by Gasteiger charge is -2.36. The highest BCUT2D eigenvalue weighted by Gasteiger charge is 2.26. The third kappa shape index (κ3) is 8.66. The zero-order valence-corrected chi connectivity index (χ0v) is 16.5. The van der Waals surface area contributed by atoms with Crippen LogP contribution in [0.25, 0.3) is 0 Å². The van der Waals surface area contributed by atoms with Gasteiger partial charge in [0.1, 0.15) is 5.60 Å². The van der Waals surface area contributed by atoms with Crippen LogP contribution in [0.3, 0.4) is 0 Å². The minimum absolute atomic E-state index is 0.247. The quantitative estimate of drug-likeness (QED) is 0.430. The molecule has 1 saturated heterocycles. The Kier molecular flexibility index (Phi) is 9.33. The number of piperazine rings is 1. The lowest BCUT2D eigenvalue weighted by Crippen LogP contribution is -2.53. The van der Waals surface area contributed by atoms with E-state index in [0.717, 1.165) is 13.0 Å². The maximum Gasteiger partial charge on any atom is 0.410 e. The molecule has 0 radical (unpaired) electrons. The smallest absolute Gasteiger partial charge is 0.410 e. The van der Waals surface area contributed by atoms with Crippen LogP contribution in [0.5, 0.6) is 0 Å². The van der Waals surface area contributed by atoms with Crippen molar-refractivity contribution in [3.63, 3.8) is 0 Å². The van der Waals surface area contributed by atoms with Gasteiger partial charge < -0.3 is 20.3 Å². The van der Waals surface area contributed by atoms with Gasteiger partial charge in [-0.1, -0.05) is 12.8 Å². The number of nitrogens with zero attached hydrogens (tertiary/aromatic N) is 3. The van der Waals surface area contributed by atoms with E-state index in [1.54, 1.807) is 4.90 Å². The van der Waals surface area contributed by atoms with Gasteiger partial charge in [0.2, 0.25) is 0 Å². The Morgan fingerprint density at radius 2 is 1.67 bits per heavy atom. The van der Waals surface area contributed by atoms with Gasteiger partial charge in [0.25, 0.3) is 0 Å². The fourth-order valence-corrected chi connectivity index (χ4v) is 2.94. The van der Waals surface area contributed by atoms with Crippen molar-refractivity contribution >= 4 is 23.8 Å². The molecule has 0 saturated carbocycles. The van der Waals surface area contributed by atoms with Crippen molar-refractivity contribution in [2.75, 3.05) is 44.7 Å². The highest BCUT2D eigenvalue weighted by Crippen LogP contribution is 2.12. The summed E-state index contributed by atoms with van der Waals surface area (Å²) < 4.78 is 5.40. The van der Waals surface area contributed by atoms with Crippen LogP contribution < -0.4 is 5.73 Å². The number of hydrogen-bond donors (Lipinski definition) is 1. The third-order valence-electron chi connectivity index (χ3n) is 3.79. The summed E-state index contributed by atoms with van der Waals surface area (Å²) in [4.78, 5) is 20.3. The number of amides is 1. The van der Waals surface area contributed by atoms with Crippen LogP contribution in [0.4, 0.5) is 4.79 Å². The number of carbonyl (C=O) groups excluding carboxylic acids is 1. The van der Waals surface area contributed by atoms with E-state index in [0.29, 0.717) is 32.1 Å². The summed E-state index contributed by atoms with van der Waals surface area (Å²) in [6.45, 7) is 9.11. The van der Waals surface area contributed by atoms with Crippen molar-refractivity contribution in [2.24, 2.45) is 10.7 Å². The summed E-state index contributed by atoms with van der Waals surface area (Å²) >= 11 is 1.90. The molecule has 1 fully saturated rings. The second-order valence-electron chi connectivity index (χ2n) is 7.10. The summed E-state index contributed by atoms with van der Waals surface area (Å²) in [5.74, 6) is 1.84. The van der Waals surface area contributed by atoms with Gasteiger partial charge in [-0.3, -0.25) is 4.99 Å². The number of aliphatic imine (C=N–C) groups is 1. The number of rotatable bonds is 7. The molecule has 140 valence electrons. The fraction of sp³-hybridized carbons (Fsp3) is 0.882. The zero-order valence-electron chi connectivity index (χ0n) is 15.7. The Hall–Kier alpha value is -1.11. The van der Waals surface area contributed by atoms with E-state index in [-0.39, 0.29) is 6.09 Å². The topological polar surface area (TPSA) is 71.2 Å². The van der Waals surface area contributed by atoms with Gasteiger partial charge in [0.15, 0.2) is 5.96 Å². The maximum atomic E-state index is 12.0. The number of ether oxygens (including phenoxy) is 1. The minimum Gasteiger partial charge on any atom is -0.444 e. The highest BCUT2D eigenvalue weighted by atomic mass is 32.2. The van der Waals surface area contributed by atoms with Crippen LogP contribution in [0, 0.1) is 0 Å². The average molecular weight is 359 g/mol. The summed E-state index contributed by atoms with van der Waals surface area (Å²) in [7, 11) is 0. The Morgan fingerprint density at radius 1 is 1.08 bits per heavy atom. The Balaban J connectivity index is 2.23. The SMILES string of the molecule is CSCCCCCCN=C(N)N1CCN(C(=O)OC(C)(C)C)CC1. The molecular weight excluding hydrogens is 324 g/mol. The molecule has 0 aromatic carbocycles. The molecule has 24 heavy (non-hydrogen) atoms. The van der Waals surface area contributed by atoms with Crippen molar-refractivity contribution in [2.45, 2.75) is 52.1 Å². The van der Waals surface area contributed by atoms with E-state index in [1.807, 2.05) is 32.5 Å². The van der Waals surface area contributed by atoms with E-state index in [4.69, 9.17) is 10.5 Å². The maximum absolute atomic E-state index is 12.0. The molecule has 2 N–H and O–H groups in total. The number of thioether (sulfide) groups is 1. The van der Waals surface area contributed by atoms with Crippen LogP contribution in [-0.4, -0.2) is 72.2 Å². The van der Waals surface area contributed by atoms with Crippen LogP contribution in [0.15, 0.2) is 4.99 Å². The van der Waals surface area contributed by atoms with Crippen molar-refractivity contribution in [3.05, 3.63) is 0 Å². The molecule has 0 atom stereocenters. The first-order valence-corrected chi connectivity index (χ1v) is 10.2. The fourth-order valence-electron chi connectivity index (χ4n) is 2.45. The van der Waals surface area contributed by atoms with Gasteiger partial charge in [-0.25, -0.2) is 4.79 Å². The Bertz CT molecular complexity index is 402. The first-order valence-electron chi connectivity index (χ1n) is 8.85. The van der Waals surface area contributed by atoms with Crippen molar-refractivity contribution in [3.8, 4) is 0 Å². The zero-order chi connectivity index (χ0) is 18.0. The summed E-state index contributed by atoms with van der Waals surface area (Å²) in [6.07, 6.45) is 6.75.